The molecule has 370 valence electrons. The molecule has 9 aromatic rings. The molecular weight excluding hydrogens is 1060 g/mol. The zero-order valence-electron chi connectivity index (χ0n) is 44.2. The maximum Gasteiger partial charge on any atom is 0.135 e. The Balaban J connectivity index is 0.00000640. The predicted octanol–water partition coefficient (Wildman–Crippen LogP) is 18.5. The van der Waals surface area contributed by atoms with Crippen LogP contribution in [0.15, 0.2) is 152 Å². The monoisotopic (exact) mass is 1130 g/mol. The molecule has 0 radical (unpaired) electrons. The van der Waals surface area contributed by atoms with Crippen molar-refractivity contribution < 1.29 is 25.8 Å². The average molecular weight is 1130 g/mol. The number of aromatic nitrogens is 2. The fourth-order valence-electron chi connectivity index (χ4n) is 10.0. The van der Waals surface area contributed by atoms with Crippen molar-refractivity contribution >= 4 is 44.6 Å². The molecule has 0 unspecified atom stereocenters. The molecule has 0 saturated carbocycles. The van der Waals surface area contributed by atoms with Gasteiger partial charge in [-0.1, -0.05) is 174 Å². The Bertz CT molecular complexity index is 3430. The number of benzene rings is 7. The van der Waals surface area contributed by atoms with Gasteiger partial charge in [0.2, 0.25) is 0 Å². The minimum atomic E-state index is -0.0799. The first-order valence-electron chi connectivity index (χ1n) is 25.3. The molecule has 0 saturated heterocycles. The van der Waals surface area contributed by atoms with Gasteiger partial charge in [0.05, 0.1) is 0 Å². The Morgan fingerprint density at radius 1 is 0.514 bits per heavy atom. The van der Waals surface area contributed by atoms with Gasteiger partial charge in [-0.3, -0.25) is 0 Å². The molecule has 72 heavy (non-hydrogen) atoms. The summed E-state index contributed by atoms with van der Waals surface area (Å²) in [5.41, 5.74) is 17.0. The van der Waals surface area contributed by atoms with Crippen molar-refractivity contribution in [2.75, 3.05) is 9.80 Å². The average Bonchev–Trinajstić information content (AvgIpc) is 3.89. The molecule has 1 aliphatic heterocycles. The van der Waals surface area contributed by atoms with Crippen molar-refractivity contribution in [2.45, 2.75) is 118 Å². The maximum atomic E-state index is 7.11. The number of hydrogen-bond acceptors (Lipinski definition) is 4. The van der Waals surface area contributed by atoms with Crippen LogP contribution in [0, 0.1) is 18.8 Å². The quantitative estimate of drug-likeness (QED) is 0.135. The Hall–Kier alpha value is -6.42. The number of pyridine rings is 1. The van der Waals surface area contributed by atoms with Gasteiger partial charge in [0.1, 0.15) is 5.82 Å². The molecule has 1 aliphatic rings. The number of fused-ring (bicyclic) bond motifs is 4. The molecule has 0 aliphatic carbocycles. The largest absolute Gasteiger partial charge is 0.509 e. The van der Waals surface area contributed by atoms with Gasteiger partial charge in [0.15, 0.2) is 0 Å². The van der Waals surface area contributed by atoms with E-state index in [2.05, 4.69) is 263 Å². The van der Waals surface area contributed by atoms with Gasteiger partial charge in [-0.05, 0) is 120 Å². The fourth-order valence-corrected chi connectivity index (χ4v) is 10.0. The first-order valence-corrected chi connectivity index (χ1v) is 25.3. The van der Waals surface area contributed by atoms with E-state index in [4.69, 9.17) is 9.72 Å². The smallest absolute Gasteiger partial charge is 0.135 e. The standard InChI is InChI=1S/C66H67N4O.Pt/c1-42(2)54-23-19-24-55(43(3)4)63(54)46-34-51(39-53(35-46)71-52-27-28-57-56-22-17-18-25-58(56)70(60(57)40-52)62-38-48(30-31-67-62)65(8,9)10)69-41-68(59-29-26-47(37-61(59)69)64(5,6)7)50-33-45(44-20-15-14-16-21-44)32-49(36-50)66(11,12)13;/h14-38,41-43H,1-13H3;/q-3;. The zero-order chi connectivity index (χ0) is 50.1. The SMILES string of the molecule is CC(C)c1cccc(C(C)C)c1-c1cc(Oc2[c-]c3c(cc2)c2ccccc2n3-c2cc(C(C)(C)C)ccn2)[c-]c(N2[CH-]N(c3cc(-c4ccccc4)cc(C(C)(C)C)c3)c3ccc(C(C)(C)C)cc32)c1.[Pt]. The van der Waals surface area contributed by atoms with Crippen molar-refractivity contribution in [1.82, 2.24) is 9.55 Å². The van der Waals surface area contributed by atoms with Crippen LogP contribution in [0.3, 0.4) is 0 Å². The van der Waals surface area contributed by atoms with Gasteiger partial charge in [-0.25, -0.2) is 4.98 Å². The Labute approximate surface area is 443 Å². The summed E-state index contributed by atoms with van der Waals surface area (Å²) in [5, 5.41) is 2.23. The second-order valence-corrected chi connectivity index (χ2v) is 23.1. The van der Waals surface area contributed by atoms with Crippen LogP contribution < -0.4 is 14.5 Å². The van der Waals surface area contributed by atoms with Crippen LogP contribution in [0.25, 0.3) is 49.9 Å². The first-order chi connectivity index (χ1) is 33.7. The molecule has 0 amide bonds. The normalized spacial score (nSPS) is 13.1. The van der Waals surface area contributed by atoms with Gasteiger partial charge in [-0.2, -0.15) is 6.07 Å². The third-order valence-corrected chi connectivity index (χ3v) is 14.1. The van der Waals surface area contributed by atoms with Gasteiger partial charge in [0, 0.05) is 61.3 Å². The Morgan fingerprint density at radius 3 is 1.86 bits per heavy atom. The summed E-state index contributed by atoms with van der Waals surface area (Å²) >= 11 is 0. The fraction of sp³-hybridized carbons (Fsp3) is 0.273. The number of hydrogen-bond donors (Lipinski definition) is 0. The van der Waals surface area contributed by atoms with E-state index >= 15 is 0 Å². The molecule has 0 atom stereocenters. The molecule has 7 aromatic carbocycles. The minimum Gasteiger partial charge on any atom is -0.509 e. The zero-order valence-corrected chi connectivity index (χ0v) is 46.5. The summed E-state index contributed by atoms with van der Waals surface area (Å²) in [7, 11) is 0. The second-order valence-electron chi connectivity index (χ2n) is 23.1. The van der Waals surface area contributed by atoms with Gasteiger partial charge in [0.25, 0.3) is 0 Å². The summed E-state index contributed by atoms with van der Waals surface area (Å²) in [6.45, 7) is 31.9. The van der Waals surface area contributed by atoms with Crippen molar-refractivity contribution in [3.63, 3.8) is 0 Å². The van der Waals surface area contributed by atoms with Crippen molar-refractivity contribution in [1.29, 1.82) is 0 Å². The summed E-state index contributed by atoms with van der Waals surface area (Å²) < 4.78 is 9.33. The number of ether oxygens (including phenoxy) is 1. The number of rotatable bonds is 9. The van der Waals surface area contributed by atoms with E-state index in [0.29, 0.717) is 23.3 Å². The van der Waals surface area contributed by atoms with Crippen LogP contribution in [-0.4, -0.2) is 9.55 Å². The molecule has 10 rings (SSSR count). The van der Waals surface area contributed by atoms with E-state index in [1.807, 2.05) is 12.3 Å². The van der Waals surface area contributed by atoms with Gasteiger partial charge < -0.3 is 19.1 Å². The third kappa shape index (κ3) is 9.66. The van der Waals surface area contributed by atoms with Crippen molar-refractivity contribution in [3.05, 3.63) is 198 Å². The molecule has 0 bridgehead atoms. The van der Waals surface area contributed by atoms with Crippen molar-refractivity contribution in [2.24, 2.45) is 0 Å². The molecule has 0 spiro atoms. The maximum absolute atomic E-state index is 7.11. The number of nitrogens with zero attached hydrogens (tertiary/aromatic N) is 4. The van der Waals surface area contributed by atoms with Crippen LogP contribution >= 0.6 is 0 Å². The van der Waals surface area contributed by atoms with E-state index in [0.717, 1.165) is 55.9 Å². The molecular formula is C66H67N4OPt-3. The summed E-state index contributed by atoms with van der Waals surface area (Å²) in [6, 6.07) is 60.6. The number of para-hydroxylation sites is 1. The van der Waals surface area contributed by atoms with Crippen LogP contribution in [0.2, 0.25) is 0 Å². The minimum absolute atomic E-state index is 0. The Kier molecular flexibility index (Phi) is 13.5. The second kappa shape index (κ2) is 19.2. The molecule has 6 heteroatoms. The van der Waals surface area contributed by atoms with E-state index in [1.165, 1.54) is 44.5 Å². The molecule has 2 aromatic heterocycles. The first kappa shape index (κ1) is 50.5. The molecule has 0 fully saturated rings. The van der Waals surface area contributed by atoms with Crippen LogP contribution in [0.4, 0.5) is 22.7 Å². The summed E-state index contributed by atoms with van der Waals surface area (Å²) in [6.07, 6.45) is 1.92. The van der Waals surface area contributed by atoms with Crippen molar-refractivity contribution in [3.8, 4) is 39.6 Å². The van der Waals surface area contributed by atoms with E-state index in [-0.39, 0.29) is 37.3 Å². The summed E-state index contributed by atoms with van der Waals surface area (Å²) in [4.78, 5) is 9.62. The van der Waals surface area contributed by atoms with Crippen LogP contribution in [0.1, 0.15) is 130 Å². The third-order valence-electron chi connectivity index (χ3n) is 14.1. The molecule has 3 heterocycles. The van der Waals surface area contributed by atoms with E-state index in [9.17, 15) is 0 Å². The van der Waals surface area contributed by atoms with Crippen LogP contribution in [-0.2, 0) is 37.3 Å². The van der Waals surface area contributed by atoms with E-state index < -0.39 is 0 Å². The van der Waals surface area contributed by atoms with Gasteiger partial charge >= 0.3 is 0 Å². The van der Waals surface area contributed by atoms with Gasteiger partial charge in [-0.15, -0.1) is 53.6 Å². The molecule has 0 N–H and O–H groups in total. The summed E-state index contributed by atoms with van der Waals surface area (Å²) in [5.74, 6) is 2.65. The Morgan fingerprint density at radius 2 is 1.18 bits per heavy atom. The van der Waals surface area contributed by atoms with E-state index in [1.54, 1.807) is 0 Å². The predicted molar refractivity (Wildman–Crippen MR) is 299 cm³/mol. The van der Waals surface area contributed by atoms with Crippen LogP contribution in [0.5, 0.6) is 11.5 Å². The topological polar surface area (TPSA) is 33.5 Å². The number of anilines is 4. The molecule has 5 nitrogen and oxygen atoms in total.